The molecule has 1 atom stereocenters. The number of piperazine rings is 1. The second-order valence-electron chi connectivity index (χ2n) is 7.28. The zero-order valence-electron chi connectivity index (χ0n) is 16.2. The van der Waals surface area contributed by atoms with Crippen LogP contribution in [-0.4, -0.2) is 62.3 Å². The van der Waals surface area contributed by atoms with Crippen LogP contribution in [0, 0.1) is 0 Å². The van der Waals surface area contributed by atoms with E-state index in [1.807, 2.05) is 30.9 Å². The van der Waals surface area contributed by atoms with E-state index >= 15 is 0 Å². The van der Waals surface area contributed by atoms with Crippen molar-refractivity contribution in [3.05, 3.63) is 29.8 Å². The summed E-state index contributed by atoms with van der Waals surface area (Å²) >= 11 is 0. The minimum Gasteiger partial charge on any atom is -0.353 e. The molecule has 0 unspecified atom stereocenters. The highest BCUT2D eigenvalue weighted by molar-refractivity contribution is 7.89. The fourth-order valence-electron chi connectivity index (χ4n) is 2.93. The van der Waals surface area contributed by atoms with E-state index in [1.165, 1.54) is 4.31 Å². The van der Waals surface area contributed by atoms with Gasteiger partial charge in [0.2, 0.25) is 15.9 Å². The third-order valence-corrected chi connectivity index (χ3v) is 6.82. The molecule has 0 aromatic heterocycles. The third-order valence-electron chi connectivity index (χ3n) is 4.90. The Kier molecular flexibility index (Phi) is 7.20. The second kappa shape index (κ2) is 8.97. The molecular formula is C19H31N3O3S. The largest absolute Gasteiger partial charge is 0.353 e. The fraction of sp³-hybridized carbons (Fsp3) is 0.632. The molecule has 0 spiro atoms. The maximum Gasteiger partial charge on any atom is 0.243 e. The first-order valence-corrected chi connectivity index (χ1v) is 10.8. The van der Waals surface area contributed by atoms with Gasteiger partial charge in [0.25, 0.3) is 0 Å². The number of carbonyl (C=O) groups is 1. The molecule has 7 heteroatoms. The van der Waals surface area contributed by atoms with Crippen molar-refractivity contribution in [1.29, 1.82) is 0 Å². The van der Waals surface area contributed by atoms with Gasteiger partial charge in [-0.25, -0.2) is 8.42 Å². The lowest BCUT2D eigenvalue weighted by molar-refractivity contribution is -0.123. The Hall–Kier alpha value is -1.44. The molecule has 2 rings (SSSR count). The van der Waals surface area contributed by atoms with Crippen LogP contribution in [0.5, 0.6) is 0 Å². The van der Waals surface area contributed by atoms with Gasteiger partial charge < -0.3 is 5.32 Å². The zero-order valence-corrected chi connectivity index (χ0v) is 17.1. The first-order chi connectivity index (χ1) is 12.2. The Bertz CT molecular complexity index is 693. The van der Waals surface area contributed by atoms with Gasteiger partial charge in [-0.15, -0.1) is 0 Å². The normalized spacial score (nSPS) is 18.0. The van der Waals surface area contributed by atoms with E-state index in [0.29, 0.717) is 43.5 Å². The van der Waals surface area contributed by atoms with E-state index in [0.717, 1.165) is 12.0 Å². The molecule has 1 heterocycles. The molecule has 1 aromatic carbocycles. The summed E-state index contributed by atoms with van der Waals surface area (Å²) in [6.45, 7) is 10.4. The van der Waals surface area contributed by atoms with Gasteiger partial charge in [-0.05, 0) is 37.0 Å². The number of nitrogens with one attached hydrogen (secondary N) is 1. The van der Waals surface area contributed by atoms with E-state index in [-0.39, 0.29) is 11.9 Å². The number of sulfonamides is 1. The topological polar surface area (TPSA) is 69.7 Å². The van der Waals surface area contributed by atoms with Crippen molar-refractivity contribution in [2.75, 3.05) is 32.7 Å². The fourth-order valence-corrected chi connectivity index (χ4v) is 4.35. The van der Waals surface area contributed by atoms with Crippen LogP contribution in [-0.2, 0) is 14.8 Å². The Morgan fingerprint density at radius 2 is 1.65 bits per heavy atom. The Morgan fingerprint density at radius 3 is 2.15 bits per heavy atom. The maximum absolute atomic E-state index is 12.8. The number of nitrogens with zero attached hydrogens (tertiary/aromatic N) is 2. The predicted molar refractivity (Wildman–Crippen MR) is 104 cm³/mol. The Labute approximate surface area is 157 Å². The van der Waals surface area contributed by atoms with Gasteiger partial charge in [-0.3, -0.25) is 9.69 Å². The van der Waals surface area contributed by atoms with Crippen LogP contribution in [0.15, 0.2) is 29.2 Å². The minimum atomic E-state index is -3.47. The van der Waals surface area contributed by atoms with Crippen LogP contribution < -0.4 is 5.32 Å². The average molecular weight is 382 g/mol. The van der Waals surface area contributed by atoms with Crippen LogP contribution in [0.25, 0.3) is 0 Å². The van der Waals surface area contributed by atoms with Crippen molar-refractivity contribution >= 4 is 15.9 Å². The monoisotopic (exact) mass is 381 g/mol. The van der Waals surface area contributed by atoms with E-state index < -0.39 is 10.0 Å². The van der Waals surface area contributed by atoms with Crippen molar-refractivity contribution in [1.82, 2.24) is 14.5 Å². The first kappa shape index (κ1) is 20.9. The molecule has 6 nitrogen and oxygen atoms in total. The Morgan fingerprint density at radius 1 is 1.08 bits per heavy atom. The smallest absolute Gasteiger partial charge is 0.243 e. The standard InChI is InChI=1S/C19H31N3O3S/c1-5-16(4)20-19(23)14-21-10-12-22(13-11-21)26(24,25)18-8-6-17(7-9-18)15(2)3/h6-9,15-16H,5,10-14H2,1-4H3,(H,20,23)/t16-/m1/s1. The van der Waals surface area contributed by atoms with E-state index in [1.54, 1.807) is 12.1 Å². The number of benzene rings is 1. The molecular weight excluding hydrogens is 350 g/mol. The molecule has 1 N–H and O–H groups in total. The van der Waals surface area contributed by atoms with Crippen molar-refractivity contribution < 1.29 is 13.2 Å². The number of rotatable bonds is 7. The summed E-state index contributed by atoms with van der Waals surface area (Å²) < 4.78 is 27.1. The van der Waals surface area contributed by atoms with Gasteiger partial charge in [0.05, 0.1) is 11.4 Å². The number of hydrogen-bond acceptors (Lipinski definition) is 4. The molecule has 1 amide bonds. The van der Waals surface area contributed by atoms with Crippen LogP contribution in [0.2, 0.25) is 0 Å². The molecule has 26 heavy (non-hydrogen) atoms. The van der Waals surface area contributed by atoms with Crippen molar-refractivity contribution in [2.45, 2.75) is 51.0 Å². The van der Waals surface area contributed by atoms with Crippen molar-refractivity contribution in [3.63, 3.8) is 0 Å². The van der Waals surface area contributed by atoms with Crippen LogP contribution in [0.3, 0.4) is 0 Å². The number of hydrogen-bond donors (Lipinski definition) is 1. The molecule has 0 radical (unpaired) electrons. The highest BCUT2D eigenvalue weighted by atomic mass is 32.2. The molecule has 1 aromatic rings. The van der Waals surface area contributed by atoms with E-state index in [4.69, 9.17) is 0 Å². The summed E-state index contributed by atoms with van der Waals surface area (Å²) in [7, 11) is -3.47. The lowest BCUT2D eigenvalue weighted by Gasteiger charge is -2.33. The summed E-state index contributed by atoms with van der Waals surface area (Å²) in [5.74, 6) is 0.372. The van der Waals surface area contributed by atoms with Gasteiger partial charge in [0.1, 0.15) is 0 Å². The molecule has 1 fully saturated rings. The third kappa shape index (κ3) is 5.28. The molecule has 1 aliphatic rings. The molecule has 1 aliphatic heterocycles. The van der Waals surface area contributed by atoms with Gasteiger partial charge in [-0.1, -0.05) is 32.9 Å². The van der Waals surface area contributed by atoms with Crippen molar-refractivity contribution in [2.24, 2.45) is 0 Å². The molecule has 0 aliphatic carbocycles. The molecule has 1 saturated heterocycles. The predicted octanol–water partition coefficient (Wildman–Crippen LogP) is 2.03. The highest BCUT2D eigenvalue weighted by Crippen LogP contribution is 2.21. The summed E-state index contributed by atoms with van der Waals surface area (Å²) in [5, 5.41) is 2.95. The van der Waals surface area contributed by atoms with E-state index in [9.17, 15) is 13.2 Å². The second-order valence-corrected chi connectivity index (χ2v) is 9.22. The summed E-state index contributed by atoms with van der Waals surface area (Å²) in [6, 6.07) is 7.31. The zero-order chi connectivity index (χ0) is 19.3. The van der Waals surface area contributed by atoms with Gasteiger partial charge in [0.15, 0.2) is 0 Å². The SMILES string of the molecule is CC[C@@H](C)NC(=O)CN1CCN(S(=O)(=O)c2ccc(C(C)C)cc2)CC1. The summed E-state index contributed by atoms with van der Waals surface area (Å²) in [4.78, 5) is 14.3. The first-order valence-electron chi connectivity index (χ1n) is 9.35. The van der Waals surface area contributed by atoms with Gasteiger partial charge in [0, 0.05) is 32.2 Å². The number of amides is 1. The number of carbonyl (C=O) groups excluding carboxylic acids is 1. The van der Waals surface area contributed by atoms with Crippen LogP contribution >= 0.6 is 0 Å². The summed E-state index contributed by atoms with van der Waals surface area (Å²) in [5.41, 5.74) is 1.13. The minimum absolute atomic E-state index is 0.0000635. The highest BCUT2D eigenvalue weighted by Gasteiger charge is 2.29. The average Bonchev–Trinajstić information content (AvgIpc) is 2.62. The van der Waals surface area contributed by atoms with Crippen LogP contribution in [0.4, 0.5) is 0 Å². The summed E-state index contributed by atoms with van der Waals surface area (Å²) in [6.07, 6.45) is 0.896. The van der Waals surface area contributed by atoms with Crippen LogP contribution in [0.1, 0.15) is 45.6 Å². The van der Waals surface area contributed by atoms with Crippen molar-refractivity contribution in [3.8, 4) is 0 Å². The quantitative estimate of drug-likeness (QED) is 0.785. The molecule has 0 saturated carbocycles. The lowest BCUT2D eigenvalue weighted by Crippen LogP contribution is -2.51. The lowest BCUT2D eigenvalue weighted by atomic mass is 10.0. The molecule has 0 bridgehead atoms. The van der Waals surface area contributed by atoms with Gasteiger partial charge in [-0.2, -0.15) is 4.31 Å². The Balaban J connectivity index is 1.92. The van der Waals surface area contributed by atoms with E-state index in [2.05, 4.69) is 19.2 Å². The van der Waals surface area contributed by atoms with Gasteiger partial charge >= 0.3 is 0 Å². The maximum atomic E-state index is 12.8. The molecule has 146 valence electrons.